The summed E-state index contributed by atoms with van der Waals surface area (Å²) >= 11 is 0. The molecule has 0 radical (unpaired) electrons. The number of terminal acetylenes is 2. The van der Waals surface area contributed by atoms with E-state index in [1.54, 1.807) is 13.8 Å². The van der Waals surface area contributed by atoms with Crippen LogP contribution in [0.2, 0.25) is 0 Å². The molecular formula is C30H28F4N6O6. The highest BCUT2D eigenvalue weighted by Gasteiger charge is 2.41. The SMILES string of the molecule is C#C[C@H](C)[C@](O)(C[n+]1cnc[nH]1)c1cc(F)ccc1F.C#C[C@H](C)[C@](O)(C[n+]1cnc[nH]1)c1cc(F)ccc1F.O=C([O-])C(=O)[O-]. The zero-order chi connectivity index (χ0) is 34.7. The van der Waals surface area contributed by atoms with Gasteiger partial charge >= 0.3 is 12.7 Å². The van der Waals surface area contributed by atoms with Crippen LogP contribution < -0.4 is 19.6 Å². The van der Waals surface area contributed by atoms with Crippen molar-refractivity contribution in [1.29, 1.82) is 0 Å². The molecule has 4 rings (SSSR count). The number of aliphatic carboxylic acids is 2. The molecule has 0 amide bonds. The number of aliphatic hydroxyl groups is 2. The molecule has 4 aromatic rings. The Labute approximate surface area is 260 Å². The molecule has 46 heavy (non-hydrogen) atoms. The van der Waals surface area contributed by atoms with Crippen molar-refractivity contribution in [1.82, 2.24) is 20.2 Å². The molecule has 0 aliphatic carbocycles. The summed E-state index contributed by atoms with van der Waals surface area (Å²) in [5.74, 6) is -3.78. The molecule has 0 aliphatic heterocycles. The van der Waals surface area contributed by atoms with Crippen LogP contribution in [0.5, 0.6) is 0 Å². The van der Waals surface area contributed by atoms with Gasteiger partial charge in [-0.2, -0.15) is 19.6 Å². The Kier molecular flexibility index (Phi) is 12.7. The number of H-pyrrole nitrogens is 2. The number of hydrogen-bond donors (Lipinski definition) is 4. The first-order valence-electron chi connectivity index (χ1n) is 13.0. The van der Waals surface area contributed by atoms with Gasteiger partial charge in [0.05, 0.1) is 23.8 Å². The molecule has 0 spiro atoms. The van der Waals surface area contributed by atoms with E-state index < -0.39 is 58.2 Å². The summed E-state index contributed by atoms with van der Waals surface area (Å²) in [6.45, 7) is 3.00. The molecule has 0 fully saturated rings. The van der Waals surface area contributed by atoms with E-state index in [0.717, 1.165) is 36.4 Å². The van der Waals surface area contributed by atoms with E-state index in [1.165, 1.54) is 34.7 Å². The highest BCUT2D eigenvalue weighted by molar-refractivity contribution is 6.25. The molecule has 4 atom stereocenters. The molecule has 0 aliphatic rings. The monoisotopic (exact) mass is 644 g/mol. The second kappa shape index (κ2) is 15.9. The van der Waals surface area contributed by atoms with Gasteiger partial charge in [-0.25, -0.2) is 17.6 Å². The fourth-order valence-electron chi connectivity index (χ4n) is 4.05. The van der Waals surface area contributed by atoms with Crippen LogP contribution in [0.3, 0.4) is 0 Å². The number of halogens is 4. The lowest BCUT2D eigenvalue weighted by molar-refractivity contribution is -0.765. The van der Waals surface area contributed by atoms with Crippen molar-refractivity contribution in [3.8, 4) is 24.7 Å². The number of benzene rings is 2. The third-order valence-electron chi connectivity index (χ3n) is 6.72. The number of carboxylic acids is 2. The number of rotatable bonds is 8. The van der Waals surface area contributed by atoms with E-state index in [4.69, 9.17) is 32.6 Å². The van der Waals surface area contributed by atoms with Crippen LogP contribution in [-0.2, 0) is 33.9 Å². The van der Waals surface area contributed by atoms with Crippen molar-refractivity contribution >= 4 is 11.9 Å². The molecule has 0 unspecified atom stereocenters. The number of hydrogen-bond acceptors (Lipinski definition) is 8. The number of carboxylic acid groups (broad SMARTS) is 2. The first kappa shape index (κ1) is 36.6. The first-order chi connectivity index (χ1) is 21.6. The molecule has 0 saturated heterocycles. The smallest absolute Gasteiger partial charge is 0.306 e. The lowest BCUT2D eigenvalue weighted by Gasteiger charge is -2.30. The minimum atomic E-state index is -2.19. The Morgan fingerprint density at radius 3 is 1.41 bits per heavy atom. The molecule has 0 saturated carbocycles. The number of aromatic nitrogens is 6. The minimum Gasteiger partial charge on any atom is -0.543 e. The molecular weight excluding hydrogens is 616 g/mol. The number of nitrogens with one attached hydrogen (secondary N) is 2. The molecule has 12 nitrogen and oxygen atoms in total. The largest absolute Gasteiger partial charge is 0.543 e. The third kappa shape index (κ3) is 9.21. The maximum absolute atomic E-state index is 14.0. The molecule has 4 N–H and O–H groups in total. The molecule has 0 bridgehead atoms. The van der Waals surface area contributed by atoms with E-state index >= 15 is 0 Å². The van der Waals surface area contributed by atoms with Crippen LogP contribution in [0.25, 0.3) is 0 Å². The summed E-state index contributed by atoms with van der Waals surface area (Å²) in [6, 6.07) is 5.83. The van der Waals surface area contributed by atoms with Crippen LogP contribution in [-0.4, -0.2) is 42.3 Å². The topological polar surface area (TPSA) is 186 Å². The van der Waals surface area contributed by atoms with Gasteiger partial charge < -0.3 is 30.0 Å². The van der Waals surface area contributed by atoms with Gasteiger partial charge in [0.1, 0.15) is 47.6 Å². The zero-order valence-corrected chi connectivity index (χ0v) is 24.3. The van der Waals surface area contributed by atoms with Gasteiger partial charge in [-0.3, -0.25) is 0 Å². The number of nitrogens with zero attached hydrogens (tertiary/aromatic N) is 4. The fraction of sp³-hybridized carbons (Fsp3) is 0.267. The normalized spacial score (nSPS) is 14.3. The van der Waals surface area contributed by atoms with E-state index in [9.17, 15) is 27.8 Å². The van der Waals surface area contributed by atoms with Gasteiger partial charge in [0, 0.05) is 11.1 Å². The van der Waals surface area contributed by atoms with E-state index in [2.05, 4.69) is 32.0 Å². The van der Waals surface area contributed by atoms with Crippen LogP contribution >= 0.6 is 0 Å². The average molecular weight is 645 g/mol. The third-order valence-corrected chi connectivity index (χ3v) is 6.72. The Morgan fingerprint density at radius 1 is 0.804 bits per heavy atom. The number of aromatic amines is 2. The molecule has 16 heteroatoms. The van der Waals surface area contributed by atoms with Crippen molar-refractivity contribution in [2.45, 2.75) is 38.1 Å². The number of carbonyl (C=O) groups is 2. The molecule has 242 valence electrons. The van der Waals surface area contributed by atoms with Gasteiger partial charge in [-0.15, -0.1) is 24.7 Å². The van der Waals surface area contributed by atoms with Crippen LogP contribution in [0.1, 0.15) is 25.0 Å². The summed E-state index contributed by atoms with van der Waals surface area (Å²) in [5, 5.41) is 44.9. The van der Waals surface area contributed by atoms with Crippen molar-refractivity contribution in [2.24, 2.45) is 11.8 Å². The van der Waals surface area contributed by atoms with Crippen LogP contribution in [0, 0.1) is 59.8 Å². The van der Waals surface area contributed by atoms with Gasteiger partial charge in [-0.05, 0) is 60.2 Å². The van der Waals surface area contributed by atoms with Crippen molar-refractivity contribution in [3.63, 3.8) is 0 Å². The lowest BCUT2D eigenvalue weighted by atomic mass is 9.82. The van der Waals surface area contributed by atoms with Gasteiger partial charge in [0.2, 0.25) is 12.7 Å². The first-order valence-corrected chi connectivity index (χ1v) is 13.0. The Bertz CT molecular complexity index is 1580. The second-order valence-electron chi connectivity index (χ2n) is 9.75. The van der Waals surface area contributed by atoms with Gasteiger partial charge in [0.15, 0.2) is 0 Å². The van der Waals surface area contributed by atoms with E-state index in [0.29, 0.717) is 0 Å². The highest BCUT2D eigenvalue weighted by atomic mass is 19.1. The second-order valence-corrected chi connectivity index (χ2v) is 9.75. The van der Waals surface area contributed by atoms with E-state index in [1.807, 2.05) is 0 Å². The van der Waals surface area contributed by atoms with Crippen LogP contribution in [0.4, 0.5) is 17.6 Å². The lowest BCUT2D eigenvalue weighted by Crippen LogP contribution is -2.50. The summed E-state index contributed by atoms with van der Waals surface area (Å²) in [6.07, 6.45) is 16.4. The molecule has 2 heterocycles. The predicted octanol–water partition coefficient (Wildman–Crippen LogP) is -1.25. The Hall–Kier alpha value is -5.58. The summed E-state index contributed by atoms with van der Waals surface area (Å²) in [4.78, 5) is 25.5. The van der Waals surface area contributed by atoms with Gasteiger partial charge in [0.25, 0.3) is 0 Å². The molecule has 2 aromatic heterocycles. The zero-order valence-electron chi connectivity index (χ0n) is 24.3. The Balaban J connectivity index is 0.000000273. The molecule has 2 aromatic carbocycles. The standard InChI is InChI=1S/2C14H13F2N3O.C2H2O4/c2*1-3-10(2)14(20,7-19-9-17-8-18-19)12-6-11(15)4-5-13(12)16;3-1(4)2(5)6/h2*1,4-6,8-10,20H,7H2,2H3;(H,3,4)(H,5,6)/t2*10-,14+;/m00./s1. The Morgan fingerprint density at radius 2 is 1.15 bits per heavy atom. The summed E-state index contributed by atoms with van der Waals surface area (Å²) in [7, 11) is 0. The maximum Gasteiger partial charge on any atom is 0.306 e. The quantitative estimate of drug-likeness (QED) is 0.0794. The fourth-order valence-corrected chi connectivity index (χ4v) is 4.05. The summed E-state index contributed by atoms with van der Waals surface area (Å²) < 4.78 is 57.5. The number of carbonyl (C=O) groups excluding carboxylic acids is 2. The highest BCUT2D eigenvalue weighted by Crippen LogP contribution is 2.33. The van der Waals surface area contributed by atoms with Crippen molar-refractivity contribution in [3.05, 3.63) is 96.1 Å². The maximum atomic E-state index is 14.0. The summed E-state index contributed by atoms with van der Waals surface area (Å²) in [5.41, 5.74) is -3.86. The predicted molar refractivity (Wildman–Crippen MR) is 144 cm³/mol. The minimum absolute atomic E-state index is 0.0707. The van der Waals surface area contributed by atoms with Crippen molar-refractivity contribution < 1.29 is 56.9 Å². The van der Waals surface area contributed by atoms with Crippen LogP contribution in [0.15, 0.2) is 61.7 Å². The average Bonchev–Trinajstić information content (AvgIpc) is 3.73. The van der Waals surface area contributed by atoms with Crippen molar-refractivity contribution in [2.75, 3.05) is 0 Å². The van der Waals surface area contributed by atoms with E-state index in [-0.39, 0.29) is 24.2 Å². The van der Waals surface area contributed by atoms with Gasteiger partial charge in [-0.1, -0.05) is 0 Å².